The number of likely N-dealkylation sites (tertiary alicyclic amines) is 1. The fourth-order valence-electron chi connectivity index (χ4n) is 4.33. The van der Waals surface area contributed by atoms with Crippen LogP contribution in [0.4, 0.5) is 0 Å². The van der Waals surface area contributed by atoms with E-state index in [2.05, 4.69) is 36.8 Å². The van der Waals surface area contributed by atoms with E-state index in [0.717, 1.165) is 25.0 Å². The molecule has 0 aromatic heterocycles. The zero-order valence-electron chi connectivity index (χ0n) is 19.8. The Morgan fingerprint density at radius 1 is 1.36 bits per heavy atom. The number of nitrogens with one attached hydrogen (secondary N) is 1. The van der Waals surface area contributed by atoms with Gasteiger partial charge in [-0.05, 0) is 56.0 Å². The fraction of sp³-hybridized carbons (Fsp3) is 0.462. The summed E-state index contributed by atoms with van der Waals surface area (Å²) in [5, 5.41) is 13.1. The third-order valence-electron chi connectivity index (χ3n) is 6.30. The normalized spacial score (nSPS) is 21.3. The lowest BCUT2D eigenvalue weighted by Gasteiger charge is -2.27. The maximum absolute atomic E-state index is 13.1. The number of ether oxygens (including phenoxy) is 1. The first kappa shape index (κ1) is 24.6. The number of amides is 2. The molecule has 2 heterocycles. The van der Waals surface area contributed by atoms with Crippen molar-refractivity contribution in [1.29, 1.82) is 0 Å². The van der Waals surface area contributed by atoms with Gasteiger partial charge in [-0.1, -0.05) is 24.8 Å². The van der Waals surface area contributed by atoms with Crippen LogP contribution < -0.4 is 10.1 Å². The van der Waals surface area contributed by atoms with E-state index in [1.807, 2.05) is 6.92 Å². The quantitative estimate of drug-likeness (QED) is 0.592. The SMILES string of the molecule is C=CC(=CC1=C(C)N(C)CCC1)CNC(=O)C1CC(O)CN1C(=O)c1cccc(OCC)c1. The Kier molecular flexibility index (Phi) is 8.33. The van der Waals surface area contributed by atoms with Gasteiger partial charge in [-0.2, -0.15) is 0 Å². The maximum Gasteiger partial charge on any atom is 0.254 e. The summed E-state index contributed by atoms with van der Waals surface area (Å²) in [5.74, 6) is 0.0293. The molecule has 2 amide bonds. The third-order valence-corrected chi connectivity index (χ3v) is 6.30. The molecule has 2 atom stereocenters. The highest BCUT2D eigenvalue weighted by molar-refractivity contribution is 5.98. The molecule has 0 saturated carbocycles. The number of rotatable bonds is 8. The molecule has 0 bridgehead atoms. The first-order chi connectivity index (χ1) is 15.8. The Morgan fingerprint density at radius 2 is 2.15 bits per heavy atom. The molecule has 1 aromatic rings. The fourth-order valence-corrected chi connectivity index (χ4v) is 4.33. The Hall–Kier alpha value is -3.06. The maximum atomic E-state index is 13.1. The van der Waals surface area contributed by atoms with Crippen LogP contribution in [0, 0.1) is 0 Å². The molecule has 2 aliphatic heterocycles. The van der Waals surface area contributed by atoms with Crippen LogP contribution in [0.5, 0.6) is 5.75 Å². The average Bonchev–Trinajstić information content (AvgIpc) is 3.20. The van der Waals surface area contributed by atoms with Crippen molar-refractivity contribution in [3.8, 4) is 5.75 Å². The average molecular weight is 454 g/mol. The Morgan fingerprint density at radius 3 is 2.88 bits per heavy atom. The molecule has 1 saturated heterocycles. The molecule has 7 nitrogen and oxygen atoms in total. The van der Waals surface area contributed by atoms with Gasteiger partial charge in [0.15, 0.2) is 0 Å². The Labute approximate surface area is 196 Å². The number of nitrogens with zero attached hydrogens (tertiary/aromatic N) is 2. The molecule has 1 aromatic carbocycles. The lowest BCUT2D eigenvalue weighted by molar-refractivity contribution is -0.124. The number of allylic oxidation sites excluding steroid dienone is 3. The molecule has 2 unspecified atom stereocenters. The third kappa shape index (κ3) is 6.05. The van der Waals surface area contributed by atoms with Crippen LogP contribution in [-0.2, 0) is 4.79 Å². The van der Waals surface area contributed by atoms with Gasteiger partial charge in [0.1, 0.15) is 11.8 Å². The Bertz CT molecular complexity index is 953. The number of hydrogen-bond acceptors (Lipinski definition) is 5. The smallest absolute Gasteiger partial charge is 0.254 e. The molecule has 2 aliphatic rings. The molecular weight excluding hydrogens is 418 g/mol. The summed E-state index contributed by atoms with van der Waals surface area (Å²) >= 11 is 0. The molecule has 0 aliphatic carbocycles. The number of aliphatic hydroxyl groups is 1. The van der Waals surface area contributed by atoms with E-state index >= 15 is 0 Å². The minimum Gasteiger partial charge on any atom is -0.494 e. The summed E-state index contributed by atoms with van der Waals surface area (Å²) in [7, 11) is 2.08. The topological polar surface area (TPSA) is 82.1 Å². The van der Waals surface area contributed by atoms with Gasteiger partial charge in [-0.15, -0.1) is 0 Å². The largest absolute Gasteiger partial charge is 0.494 e. The molecular formula is C26H35N3O4. The van der Waals surface area contributed by atoms with Gasteiger partial charge >= 0.3 is 0 Å². The standard InChI is InChI=1S/C26H35N3O4/c1-5-19(13-20-10-8-12-28(4)18(20)3)16-27-25(31)24-15-22(30)17-29(24)26(32)21-9-7-11-23(14-21)33-6-2/h5,7,9,11,13-14,22,24,30H,1,6,8,10,12,15-17H2,2-4H3,(H,27,31). The zero-order chi connectivity index (χ0) is 24.0. The van der Waals surface area contributed by atoms with Gasteiger partial charge in [0, 0.05) is 44.4 Å². The van der Waals surface area contributed by atoms with Gasteiger partial charge in [-0.3, -0.25) is 9.59 Å². The second-order valence-electron chi connectivity index (χ2n) is 8.60. The van der Waals surface area contributed by atoms with Crippen LogP contribution in [0.3, 0.4) is 0 Å². The van der Waals surface area contributed by atoms with E-state index in [1.54, 1.807) is 30.3 Å². The summed E-state index contributed by atoms with van der Waals surface area (Å²) in [6.45, 7) is 9.86. The van der Waals surface area contributed by atoms with Gasteiger partial charge in [0.25, 0.3) is 5.91 Å². The highest BCUT2D eigenvalue weighted by Crippen LogP contribution is 2.24. The number of hydrogen-bond donors (Lipinski definition) is 2. The van der Waals surface area contributed by atoms with Gasteiger partial charge in [-0.25, -0.2) is 0 Å². The van der Waals surface area contributed by atoms with Crippen molar-refractivity contribution < 1.29 is 19.4 Å². The van der Waals surface area contributed by atoms with Crippen molar-refractivity contribution >= 4 is 11.8 Å². The van der Waals surface area contributed by atoms with Crippen molar-refractivity contribution in [3.63, 3.8) is 0 Å². The minimum absolute atomic E-state index is 0.123. The first-order valence-electron chi connectivity index (χ1n) is 11.6. The summed E-state index contributed by atoms with van der Waals surface area (Å²) in [6, 6.07) is 6.17. The lowest BCUT2D eigenvalue weighted by Crippen LogP contribution is -2.46. The molecule has 33 heavy (non-hydrogen) atoms. The van der Waals surface area contributed by atoms with E-state index in [9.17, 15) is 14.7 Å². The number of aliphatic hydroxyl groups excluding tert-OH is 1. The van der Waals surface area contributed by atoms with E-state index in [-0.39, 0.29) is 24.8 Å². The van der Waals surface area contributed by atoms with E-state index in [1.165, 1.54) is 16.2 Å². The summed E-state index contributed by atoms with van der Waals surface area (Å²) in [6.07, 6.45) is 5.41. The molecule has 178 valence electrons. The van der Waals surface area contributed by atoms with Crippen molar-refractivity contribution in [1.82, 2.24) is 15.1 Å². The zero-order valence-corrected chi connectivity index (χ0v) is 19.8. The van der Waals surface area contributed by atoms with Crippen molar-refractivity contribution in [2.24, 2.45) is 0 Å². The van der Waals surface area contributed by atoms with Crippen molar-refractivity contribution in [2.45, 2.75) is 45.3 Å². The van der Waals surface area contributed by atoms with Crippen LogP contribution in [-0.4, -0.2) is 72.2 Å². The van der Waals surface area contributed by atoms with Crippen LogP contribution in [0.15, 0.2) is 59.8 Å². The second kappa shape index (κ2) is 11.2. The van der Waals surface area contributed by atoms with Crippen molar-refractivity contribution in [2.75, 3.05) is 33.3 Å². The van der Waals surface area contributed by atoms with Crippen LogP contribution in [0.2, 0.25) is 0 Å². The predicted molar refractivity (Wildman–Crippen MR) is 129 cm³/mol. The highest BCUT2D eigenvalue weighted by atomic mass is 16.5. The van der Waals surface area contributed by atoms with Crippen LogP contribution in [0.25, 0.3) is 0 Å². The summed E-state index contributed by atoms with van der Waals surface area (Å²) < 4.78 is 5.49. The lowest BCUT2D eigenvalue weighted by atomic mass is 10.0. The molecule has 3 rings (SSSR count). The second-order valence-corrected chi connectivity index (χ2v) is 8.60. The summed E-state index contributed by atoms with van der Waals surface area (Å²) in [5.41, 5.74) is 3.82. The van der Waals surface area contributed by atoms with Gasteiger partial charge in [0.2, 0.25) is 5.91 Å². The Balaban J connectivity index is 1.69. The van der Waals surface area contributed by atoms with Crippen molar-refractivity contribution in [3.05, 3.63) is 65.4 Å². The minimum atomic E-state index is -0.736. The number of carbonyl (C=O) groups excluding carboxylic acids is 2. The number of benzene rings is 1. The number of β-amino-alcohol motifs (C(OH)–C–C–N with tert-alkyl or cyclic N) is 1. The molecule has 0 radical (unpaired) electrons. The van der Waals surface area contributed by atoms with Gasteiger partial charge < -0.3 is 25.0 Å². The van der Waals surface area contributed by atoms with E-state index in [4.69, 9.17) is 4.74 Å². The molecule has 2 N–H and O–H groups in total. The monoisotopic (exact) mass is 453 g/mol. The van der Waals surface area contributed by atoms with E-state index in [0.29, 0.717) is 24.5 Å². The molecule has 0 spiro atoms. The number of carbonyl (C=O) groups is 2. The van der Waals surface area contributed by atoms with Gasteiger partial charge in [0.05, 0.1) is 12.7 Å². The highest BCUT2D eigenvalue weighted by Gasteiger charge is 2.39. The van der Waals surface area contributed by atoms with E-state index < -0.39 is 12.1 Å². The predicted octanol–water partition coefficient (Wildman–Crippen LogP) is 2.89. The first-order valence-corrected chi connectivity index (χ1v) is 11.6. The summed E-state index contributed by atoms with van der Waals surface area (Å²) in [4.78, 5) is 29.8. The van der Waals surface area contributed by atoms with Crippen LogP contribution in [0.1, 0.15) is 43.5 Å². The van der Waals surface area contributed by atoms with Crippen LogP contribution >= 0.6 is 0 Å². The molecule has 7 heteroatoms. The molecule has 1 fully saturated rings.